The van der Waals surface area contributed by atoms with E-state index in [4.69, 9.17) is 11.6 Å². The van der Waals surface area contributed by atoms with Gasteiger partial charge in [0, 0.05) is 5.02 Å². The molecule has 0 saturated heterocycles. The van der Waals surface area contributed by atoms with E-state index < -0.39 is 0 Å². The van der Waals surface area contributed by atoms with Crippen molar-refractivity contribution < 1.29 is 0 Å². The van der Waals surface area contributed by atoms with Crippen molar-refractivity contribution in [2.75, 3.05) is 12.8 Å². The SMILES string of the molecule is CSC1=NCC(c2ccc(Cl)cc2C)N1. The second kappa shape index (κ2) is 4.45. The molecule has 1 aromatic carbocycles. The molecule has 0 aromatic heterocycles. The first-order chi connectivity index (χ1) is 7.20. The van der Waals surface area contributed by atoms with Crippen LogP contribution in [-0.2, 0) is 0 Å². The van der Waals surface area contributed by atoms with E-state index in [0.717, 1.165) is 16.7 Å². The third-order valence-electron chi connectivity index (χ3n) is 2.52. The van der Waals surface area contributed by atoms with Gasteiger partial charge < -0.3 is 5.32 Å². The van der Waals surface area contributed by atoms with Gasteiger partial charge in [-0.15, -0.1) is 0 Å². The lowest BCUT2D eigenvalue weighted by Crippen LogP contribution is -2.21. The van der Waals surface area contributed by atoms with Gasteiger partial charge in [-0.25, -0.2) is 0 Å². The first-order valence-corrected chi connectivity index (χ1v) is 6.42. The second-order valence-electron chi connectivity index (χ2n) is 3.55. The molecule has 0 fully saturated rings. The van der Waals surface area contributed by atoms with E-state index in [2.05, 4.69) is 23.3 Å². The summed E-state index contributed by atoms with van der Waals surface area (Å²) < 4.78 is 0. The minimum atomic E-state index is 0.310. The van der Waals surface area contributed by atoms with Gasteiger partial charge in [-0.2, -0.15) is 0 Å². The van der Waals surface area contributed by atoms with Crippen molar-refractivity contribution in [2.45, 2.75) is 13.0 Å². The Labute approximate surface area is 99.1 Å². The molecular formula is C11H13ClN2S. The number of hydrogen-bond acceptors (Lipinski definition) is 3. The Morgan fingerprint density at radius 1 is 1.53 bits per heavy atom. The van der Waals surface area contributed by atoms with E-state index in [9.17, 15) is 0 Å². The Morgan fingerprint density at radius 3 is 2.93 bits per heavy atom. The van der Waals surface area contributed by atoms with Gasteiger partial charge in [0.15, 0.2) is 5.17 Å². The molecule has 1 unspecified atom stereocenters. The molecular weight excluding hydrogens is 228 g/mol. The lowest BCUT2D eigenvalue weighted by molar-refractivity contribution is 0.707. The molecule has 1 atom stereocenters. The molecule has 1 N–H and O–H groups in total. The summed E-state index contributed by atoms with van der Waals surface area (Å²) in [6, 6.07) is 6.32. The smallest absolute Gasteiger partial charge is 0.156 e. The highest BCUT2D eigenvalue weighted by Gasteiger charge is 2.19. The molecule has 4 heteroatoms. The molecule has 0 spiro atoms. The van der Waals surface area contributed by atoms with Crippen molar-refractivity contribution >= 4 is 28.5 Å². The molecule has 2 nitrogen and oxygen atoms in total. The third-order valence-corrected chi connectivity index (χ3v) is 3.38. The summed E-state index contributed by atoms with van der Waals surface area (Å²) in [5.74, 6) is 0. The highest BCUT2D eigenvalue weighted by atomic mass is 35.5. The Kier molecular flexibility index (Phi) is 3.22. The van der Waals surface area contributed by atoms with E-state index in [-0.39, 0.29) is 0 Å². The fourth-order valence-electron chi connectivity index (χ4n) is 1.74. The normalized spacial score (nSPS) is 19.9. The number of nitrogens with one attached hydrogen (secondary N) is 1. The third kappa shape index (κ3) is 2.29. The highest BCUT2D eigenvalue weighted by Crippen LogP contribution is 2.25. The van der Waals surface area contributed by atoms with E-state index in [0.29, 0.717) is 6.04 Å². The van der Waals surface area contributed by atoms with Gasteiger partial charge in [0.05, 0.1) is 12.6 Å². The fourth-order valence-corrected chi connectivity index (χ4v) is 2.43. The van der Waals surface area contributed by atoms with Gasteiger partial charge in [0.1, 0.15) is 0 Å². The van der Waals surface area contributed by atoms with Crippen LogP contribution in [0.4, 0.5) is 0 Å². The monoisotopic (exact) mass is 240 g/mol. The quantitative estimate of drug-likeness (QED) is 0.816. The molecule has 1 heterocycles. The van der Waals surface area contributed by atoms with Gasteiger partial charge in [-0.3, -0.25) is 4.99 Å². The summed E-state index contributed by atoms with van der Waals surface area (Å²) in [5.41, 5.74) is 2.50. The van der Waals surface area contributed by atoms with E-state index >= 15 is 0 Å². The van der Waals surface area contributed by atoms with Crippen LogP contribution in [0.1, 0.15) is 17.2 Å². The largest absolute Gasteiger partial charge is 0.356 e. The van der Waals surface area contributed by atoms with Crippen molar-refractivity contribution in [3.8, 4) is 0 Å². The number of aliphatic imine (C=N–C) groups is 1. The highest BCUT2D eigenvalue weighted by molar-refractivity contribution is 8.13. The number of aryl methyl sites for hydroxylation is 1. The maximum atomic E-state index is 5.93. The van der Waals surface area contributed by atoms with Crippen molar-refractivity contribution in [1.82, 2.24) is 5.32 Å². The van der Waals surface area contributed by atoms with Crippen LogP contribution in [0.2, 0.25) is 5.02 Å². The molecule has 1 aliphatic rings. The summed E-state index contributed by atoms with van der Waals surface area (Å²) in [6.07, 6.45) is 2.03. The Morgan fingerprint density at radius 2 is 2.33 bits per heavy atom. The zero-order chi connectivity index (χ0) is 10.8. The molecule has 0 bridgehead atoms. The number of thioether (sulfide) groups is 1. The minimum absolute atomic E-state index is 0.310. The maximum Gasteiger partial charge on any atom is 0.156 e. The second-order valence-corrected chi connectivity index (χ2v) is 4.78. The zero-order valence-electron chi connectivity index (χ0n) is 8.75. The molecule has 2 rings (SSSR count). The number of rotatable bonds is 1. The summed E-state index contributed by atoms with van der Waals surface area (Å²) in [7, 11) is 0. The van der Waals surface area contributed by atoms with Crippen molar-refractivity contribution in [3.05, 3.63) is 34.3 Å². The molecule has 0 aliphatic carbocycles. The first-order valence-electron chi connectivity index (χ1n) is 4.81. The zero-order valence-corrected chi connectivity index (χ0v) is 10.3. The summed E-state index contributed by atoms with van der Waals surface area (Å²) in [6.45, 7) is 2.90. The summed E-state index contributed by atoms with van der Waals surface area (Å²) >= 11 is 7.58. The summed E-state index contributed by atoms with van der Waals surface area (Å²) in [5, 5.41) is 5.20. The van der Waals surface area contributed by atoms with Gasteiger partial charge in [0.2, 0.25) is 0 Å². The van der Waals surface area contributed by atoms with Crippen LogP contribution in [0.25, 0.3) is 0 Å². The average Bonchev–Trinajstić information content (AvgIpc) is 2.66. The molecule has 1 aliphatic heterocycles. The lowest BCUT2D eigenvalue weighted by Gasteiger charge is -2.14. The van der Waals surface area contributed by atoms with Crippen LogP contribution < -0.4 is 5.32 Å². The Balaban J connectivity index is 2.18. The van der Waals surface area contributed by atoms with Crippen LogP contribution in [0.15, 0.2) is 23.2 Å². The first kappa shape index (κ1) is 10.8. The maximum absolute atomic E-state index is 5.93. The van der Waals surface area contributed by atoms with Crippen LogP contribution in [0, 0.1) is 6.92 Å². The van der Waals surface area contributed by atoms with Crippen molar-refractivity contribution in [1.29, 1.82) is 0 Å². The number of benzene rings is 1. The lowest BCUT2D eigenvalue weighted by atomic mass is 10.0. The molecule has 0 amide bonds. The van der Waals surface area contributed by atoms with E-state index in [1.54, 1.807) is 11.8 Å². The predicted molar refractivity (Wildman–Crippen MR) is 67.9 cm³/mol. The summed E-state index contributed by atoms with van der Waals surface area (Å²) in [4.78, 5) is 4.41. The predicted octanol–water partition coefficient (Wildman–Crippen LogP) is 3.01. The Bertz CT molecular complexity index is 404. The van der Waals surface area contributed by atoms with Crippen LogP contribution in [0.5, 0.6) is 0 Å². The van der Waals surface area contributed by atoms with Crippen molar-refractivity contribution in [3.63, 3.8) is 0 Å². The number of halogens is 1. The molecule has 1 aromatic rings. The molecule has 15 heavy (non-hydrogen) atoms. The van der Waals surface area contributed by atoms with Crippen LogP contribution in [-0.4, -0.2) is 18.0 Å². The van der Waals surface area contributed by atoms with Gasteiger partial charge in [-0.1, -0.05) is 29.4 Å². The minimum Gasteiger partial charge on any atom is -0.356 e. The standard InChI is InChI=1S/C11H13ClN2S/c1-7-5-8(12)3-4-9(7)10-6-13-11(14-10)15-2/h3-5,10H,6H2,1-2H3,(H,13,14). The number of nitrogens with zero attached hydrogens (tertiary/aromatic N) is 1. The topological polar surface area (TPSA) is 24.4 Å². The molecule has 80 valence electrons. The molecule has 0 radical (unpaired) electrons. The van der Waals surface area contributed by atoms with E-state index in [1.165, 1.54) is 11.1 Å². The van der Waals surface area contributed by atoms with Crippen LogP contribution >= 0.6 is 23.4 Å². The van der Waals surface area contributed by atoms with Crippen LogP contribution in [0.3, 0.4) is 0 Å². The average molecular weight is 241 g/mol. The van der Waals surface area contributed by atoms with E-state index in [1.807, 2.05) is 18.4 Å². The van der Waals surface area contributed by atoms with Gasteiger partial charge >= 0.3 is 0 Å². The van der Waals surface area contributed by atoms with Gasteiger partial charge in [0.25, 0.3) is 0 Å². The van der Waals surface area contributed by atoms with Gasteiger partial charge in [-0.05, 0) is 36.4 Å². The van der Waals surface area contributed by atoms with Crippen molar-refractivity contribution in [2.24, 2.45) is 4.99 Å². The fraction of sp³-hybridized carbons (Fsp3) is 0.364. The number of hydrogen-bond donors (Lipinski definition) is 1. The number of amidine groups is 1. The molecule has 0 saturated carbocycles. The Hall–Kier alpha value is -0.670.